The van der Waals surface area contributed by atoms with Crippen molar-refractivity contribution in [3.05, 3.63) is 11.8 Å². The molecule has 0 saturated carbocycles. The van der Waals surface area contributed by atoms with Crippen molar-refractivity contribution in [1.82, 2.24) is 0 Å². The SMILES string of the molecule is CCO[Si](CCCC1=CC(=N)C(=O)O1)(OCC)OCC. The fourth-order valence-corrected chi connectivity index (χ4v) is 4.64. The Bertz CT molecular complexity index is 366. The number of rotatable bonds is 10. The van der Waals surface area contributed by atoms with E-state index in [2.05, 4.69) is 0 Å². The van der Waals surface area contributed by atoms with Gasteiger partial charge in [0.25, 0.3) is 0 Å². The molecule has 114 valence electrons. The maximum Gasteiger partial charge on any atom is 0.500 e. The highest BCUT2D eigenvalue weighted by molar-refractivity contribution is 6.60. The van der Waals surface area contributed by atoms with E-state index in [0.29, 0.717) is 38.0 Å². The third-order valence-corrected chi connectivity index (χ3v) is 5.90. The summed E-state index contributed by atoms with van der Waals surface area (Å²) in [6, 6.07) is 0.671. The van der Waals surface area contributed by atoms with Crippen molar-refractivity contribution in [1.29, 1.82) is 5.41 Å². The average Bonchev–Trinajstić information content (AvgIpc) is 2.69. The average molecular weight is 301 g/mol. The minimum Gasteiger partial charge on any atom is -0.426 e. The first-order chi connectivity index (χ1) is 9.56. The molecule has 0 spiro atoms. The van der Waals surface area contributed by atoms with Crippen molar-refractivity contribution in [3.63, 3.8) is 0 Å². The zero-order chi connectivity index (χ0) is 15.0. The van der Waals surface area contributed by atoms with Crippen LogP contribution in [0, 0.1) is 5.41 Å². The Hall–Kier alpha value is -1.02. The molecule has 0 aromatic rings. The molecule has 20 heavy (non-hydrogen) atoms. The summed E-state index contributed by atoms with van der Waals surface area (Å²) in [6.07, 6.45) is 2.78. The molecule has 0 unspecified atom stereocenters. The molecule has 0 atom stereocenters. The number of hydrogen-bond acceptors (Lipinski definition) is 6. The standard InChI is InChI=1S/C13H23NO5Si/c1-4-16-20(17-5-2,18-6-3)9-7-8-11-10-12(14)13(15)19-11/h10,14H,4-9H2,1-3H3. The summed E-state index contributed by atoms with van der Waals surface area (Å²) in [6.45, 7) is 7.41. The summed E-state index contributed by atoms with van der Waals surface area (Å²) in [7, 11) is -2.62. The molecule has 1 aliphatic heterocycles. The molecular weight excluding hydrogens is 278 g/mol. The van der Waals surface area contributed by atoms with E-state index >= 15 is 0 Å². The minimum absolute atomic E-state index is 0.0945. The van der Waals surface area contributed by atoms with Crippen LogP contribution in [-0.4, -0.2) is 40.3 Å². The Labute approximate surface area is 120 Å². The lowest BCUT2D eigenvalue weighted by Crippen LogP contribution is -2.45. The summed E-state index contributed by atoms with van der Waals surface area (Å²) in [4.78, 5) is 11.1. The molecule has 1 N–H and O–H groups in total. The molecule has 0 amide bonds. The summed E-state index contributed by atoms with van der Waals surface area (Å²) in [5, 5.41) is 7.32. The number of hydrogen-bond donors (Lipinski definition) is 1. The van der Waals surface area contributed by atoms with E-state index < -0.39 is 14.8 Å². The van der Waals surface area contributed by atoms with Gasteiger partial charge >= 0.3 is 14.8 Å². The molecule has 1 rings (SSSR count). The van der Waals surface area contributed by atoms with Crippen molar-refractivity contribution < 1.29 is 22.8 Å². The minimum atomic E-state index is -2.62. The van der Waals surface area contributed by atoms with Gasteiger partial charge in [0.15, 0.2) is 0 Å². The van der Waals surface area contributed by atoms with Crippen LogP contribution in [0.2, 0.25) is 6.04 Å². The van der Waals surface area contributed by atoms with Gasteiger partial charge in [-0.3, -0.25) is 5.41 Å². The number of carbonyl (C=O) groups excluding carboxylic acids is 1. The Balaban J connectivity index is 2.51. The first-order valence-electron chi connectivity index (χ1n) is 7.00. The molecule has 6 nitrogen and oxygen atoms in total. The number of ether oxygens (including phenoxy) is 1. The summed E-state index contributed by atoms with van der Waals surface area (Å²) >= 11 is 0. The van der Waals surface area contributed by atoms with Crippen LogP contribution in [0.15, 0.2) is 11.8 Å². The molecule has 0 aromatic carbocycles. The van der Waals surface area contributed by atoms with Gasteiger partial charge in [-0.2, -0.15) is 0 Å². The normalized spacial score (nSPS) is 15.4. The van der Waals surface area contributed by atoms with Crippen LogP contribution in [0.5, 0.6) is 0 Å². The second kappa shape index (κ2) is 8.31. The zero-order valence-electron chi connectivity index (χ0n) is 12.4. The lowest BCUT2D eigenvalue weighted by atomic mass is 10.2. The number of esters is 1. The number of carbonyl (C=O) groups is 1. The van der Waals surface area contributed by atoms with Gasteiger partial charge in [-0.1, -0.05) is 0 Å². The number of nitrogens with one attached hydrogen (secondary N) is 1. The molecular formula is C13H23NO5Si. The molecule has 0 aliphatic carbocycles. The van der Waals surface area contributed by atoms with Crippen LogP contribution < -0.4 is 0 Å². The fourth-order valence-electron chi connectivity index (χ4n) is 2.03. The highest BCUT2D eigenvalue weighted by atomic mass is 28.4. The van der Waals surface area contributed by atoms with Crippen LogP contribution in [0.3, 0.4) is 0 Å². The summed E-state index contributed by atoms with van der Waals surface area (Å²) < 4.78 is 22.2. The highest BCUT2D eigenvalue weighted by Gasteiger charge is 2.39. The van der Waals surface area contributed by atoms with Crippen molar-refractivity contribution in [3.8, 4) is 0 Å². The van der Waals surface area contributed by atoms with Crippen LogP contribution in [0.25, 0.3) is 0 Å². The van der Waals surface area contributed by atoms with Gasteiger partial charge in [-0.25, -0.2) is 4.79 Å². The lowest BCUT2D eigenvalue weighted by Gasteiger charge is -2.28. The molecule has 0 aromatic heterocycles. The zero-order valence-corrected chi connectivity index (χ0v) is 13.4. The van der Waals surface area contributed by atoms with Gasteiger partial charge in [0.05, 0.1) is 0 Å². The molecule has 7 heteroatoms. The predicted molar refractivity (Wildman–Crippen MR) is 76.6 cm³/mol. The Morgan fingerprint density at radius 2 is 1.70 bits per heavy atom. The first kappa shape index (κ1) is 17.0. The predicted octanol–water partition coefficient (Wildman–Crippen LogP) is 2.28. The van der Waals surface area contributed by atoms with Crippen LogP contribution in [0.1, 0.15) is 33.6 Å². The van der Waals surface area contributed by atoms with Crippen LogP contribution in [0.4, 0.5) is 0 Å². The van der Waals surface area contributed by atoms with E-state index in [1.54, 1.807) is 0 Å². The van der Waals surface area contributed by atoms with E-state index in [-0.39, 0.29) is 5.71 Å². The van der Waals surface area contributed by atoms with Crippen LogP contribution in [-0.2, 0) is 22.8 Å². The van der Waals surface area contributed by atoms with Gasteiger partial charge in [-0.05, 0) is 27.2 Å². The molecule has 0 fully saturated rings. The van der Waals surface area contributed by atoms with Crippen LogP contribution >= 0.6 is 0 Å². The van der Waals surface area contributed by atoms with Gasteiger partial charge in [0.1, 0.15) is 11.5 Å². The highest BCUT2D eigenvalue weighted by Crippen LogP contribution is 2.23. The smallest absolute Gasteiger partial charge is 0.426 e. The molecule has 0 bridgehead atoms. The summed E-state index contributed by atoms with van der Waals surface area (Å²) in [5.74, 6) is -0.0460. The number of allylic oxidation sites excluding steroid dienone is 1. The fraction of sp³-hybridized carbons (Fsp3) is 0.692. The van der Waals surface area contributed by atoms with Gasteiger partial charge in [-0.15, -0.1) is 0 Å². The van der Waals surface area contributed by atoms with E-state index in [1.165, 1.54) is 6.08 Å². The van der Waals surface area contributed by atoms with Crippen molar-refractivity contribution in [2.24, 2.45) is 0 Å². The van der Waals surface area contributed by atoms with Crippen molar-refractivity contribution in [2.75, 3.05) is 19.8 Å². The molecule has 0 saturated heterocycles. The third kappa shape index (κ3) is 4.82. The van der Waals surface area contributed by atoms with E-state index in [0.717, 1.165) is 6.42 Å². The number of cyclic esters (lactones) is 1. The Kier molecular flexibility index (Phi) is 7.07. The molecule has 1 aliphatic rings. The third-order valence-electron chi connectivity index (χ3n) is 2.75. The van der Waals surface area contributed by atoms with E-state index in [9.17, 15) is 4.79 Å². The maximum atomic E-state index is 11.1. The van der Waals surface area contributed by atoms with E-state index in [4.69, 9.17) is 23.4 Å². The maximum absolute atomic E-state index is 11.1. The Morgan fingerprint density at radius 1 is 1.15 bits per heavy atom. The second-order valence-electron chi connectivity index (χ2n) is 4.25. The quantitative estimate of drug-likeness (QED) is 0.495. The van der Waals surface area contributed by atoms with Crippen molar-refractivity contribution in [2.45, 2.75) is 39.7 Å². The van der Waals surface area contributed by atoms with Gasteiger partial charge < -0.3 is 18.0 Å². The second-order valence-corrected chi connectivity index (χ2v) is 6.98. The molecule has 1 heterocycles. The summed E-state index contributed by atoms with van der Waals surface area (Å²) in [5.41, 5.74) is -0.0945. The Morgan fingerprint density at radius 3 is 2.10 bits per heavy atom. The monoisotopic (exact) mass is 301 g/mol. The van der Waals surface area contributed by atoms with Crippen molar-refractivity contribution >= 4 is 20.5 Å². The first-order valence-corrected chi connectivity index (χ1v) is 8.93. The van der Waals surface area contributed by atoms with Gasteiger partial charge in [0, 0.05) is 38.4 Å². The largest absolute Gasteiger partial charge is 0.500 e. The van der Waals surface area contributed by atoms with Gasteiger partial charge in [0.2, 0.25) is 0 Å². The molecule has 0 radical (unpaired) electrons. The van der Waals surface area contributed by atoms with E-state index in [1.807, 2.05) is 20.8 Å². The topological polar surface area (TPSA) is 77.8 Å². The lowest BCUT2D eigenvalue weighted by molar-refractivity contribution is -0.130.